The van der Waals surface area contributed by atoms with Crippen LogP contribution in [-0.2, 0) is 16.6 Å². The van der Waals surface area contributed by atoms with Crippen molar-refractivity contribution in [3.63, 3.8) is 0 Å². The van der Waals surface area contributed by atoms with Crippen LogP contribution in [0.2, 0.25) is 5.02 Å². The molecule has 0 unspecified atom stereocenters. The predicted octanol–water partition coefficient (Wildman–Crippen LogP) is 4.62. The van der Waals surface area contributed by atoms with E-state index < -0.39 is 15.9 Å². The van der Waals surface area contributed by atoms with Crippen LogP contribution < -0.4 is 4.72 Å². The molecule has 0 fully saturated rings. The highest BCUT2D eigenvalue weighted by molar-refractivity contribution is 7.92. The number of carbonyl (C=O) groups excluding carboxylic acids is 1. The molecule has 6 nitrogen and oxygen atoms in total. The number of furan rings is 1. The highest BCUT2D eigenvalue weighted by Gasteiger charge is 2.21. The summed E-state index contributed by atoms with van der Waals surface area (Å²) in [6, 6.07) is 14.7. The van der Waals surface area contributed by atoms with Crippen molar-refractivity contribution in [3.05, 3.63) is 82.3 Å². The fourth-order valence-corrected chi connectivity index (χ4v) is 4.11. The second-order valence-electron chi connectivity index (χ2n) is 6.79. The highest BCUT2D eigenvalue weighted by Crippen LogP contribution is 2.24. The van der Waals surface area contributed by atoms with Crippen molar-refractivity contribution >= 4 is 33.2 Å². The molecule has 0 atom stereocenters. The quantitative estimate of drug-likeness (QED) is 0.616. The van der Waals surface area contributed by atoms with E-state index in [2.05, 4.69) is 4.72 Å². The molecule has 29 heavy (non-hydrogen) atoms. The van der Waals surface area contributed by atoms with Gasteiger partial charge in [0.15, 0.2) is 0 Å². The van der Waals surface area contributed by atoms with Gasteiger partial charge in [0.2, 0.25) is 0 Å². The largest absolute Gasteiger partial charge is 0.464 e. The first kappa shape index (κ1) is 21.0. The summed E-state index contributed by atoms with van der Waals surface area (Å²) in [6.45, 7) is 3.92. The molecule has 3 aromatic rings. The van der Waals surface area contributed by atoms with Gasteiger partial charge in [0.1, 0.15) is 11.5 Å². The summed E-state index contributed by atoms with van der Waals surface area (Å²) in [5.74, 6) is 0.963. The fraction of sp³-hybridized carbons (Fsp3) is 0.190. The van der Waals surface area contributed by atoms with Gasteiger partial charge in [-0.1, -0.05) is 23.7 Å². The average molecular weight is 433 g/mol. The van der Waals surface area contributed by atoms with E-state index >= 15 is 0 Å². The molecule has 0 saturated carbocycles. The Balaban J connectivity index is 1.85. The zero-order valence-corrected chi connectivity index (χ0v) is 17.8. The number of amides is 1. The molecule has 3 rings (SSSR count). The van der Waals surface area contributed by atoms with Crippen molar-refractivity contribution < 1.29 is 17.6 Å². The molecule has 0 aliphatic rings. The molecular formula is C21H21ClN2O4S. The maximum atomic E-state index is 12.8. The van der Waals surface area contributed by atoms with Crippen molar-refractivity contribution in [1.82, 2.24) is 4.90 Å². The van der Waals surface area contributed by atoms with Crippen LogP contribution in [0.5, 0.6) is 0 Å². The summed E-state index contributed by atoms with van der Waals surface area (Å²) in [5, 5.41) is 0.173. The molecule has 152 valence electrons. The number of hydrogen-bond donors (Lipinski definition) is 1. The molecule has 1 N–H and O–H groups in total. The maximum Gasteiger partial charge on any atom is 0.261 e. The van der Waals surface area contributed by atoms with Crippen molar-refractivity contribution in [2.45, 2.75) is 25.3 Å². The van der Waals surface area contributed by atoms with Gasteiger partial charge in [-0.05, 0) is 61.9 Å². The maximum absolute atomic E-state index is 12.8. The topological polar surface area (TPSA) is 79.6 Å². The Morgan fingerprint density at radius 2 is 1.86 bits per heavy atom. The number of anilines is 1. The van der Waals surface area contributed by atoms with E-state index in [0.717, 1.165) is 11.3 Å². The minimum Gasteiger partial charge on any atom is -0.464 e. The Labute approximate surface area is 175 Å². The number of carbonyl (C=O) groups is 1. The summed E-state index contributed by atoms with van der Waals surface area (Å²) >= 11 is 6.19. The smallest absolute Gasteiger partial charge is 0.261 e. The first-order chi connectivity index (χ1) is 13.7. The van der Waals surface area contributed by atoms with E-state index in [1.54, 1.807) is 31.3 Å². The van der Waals surface area contributed by atoms with E-state index in [1.165, 1.54) is 23.1 Å². The standard InChI is InChI=1S/C21H21ClN2O4S/c1-14-5-4-6-16(11-14)23-29(26,27)18-9-10-20(22)19(12-18)21(25)24(3)13-17-8-7-15(2)28-17/h4-12,23H,13H2,1-3H3. The van der Waals surface area contributed by atoms with E-state index in [9.17, 15) is 13.2 Å². The Hall–Kier alpha value is -2.77. The number of aryl methyl sites for hydroxylation is 2. The molecule has 8 heteroatoms. The molecule has 1 amide bonds. The first-order valence-electron chi connectivity index (χ1n) is 8.85. The van der Waals surface area contributed by atoms with Crippen molar-refractivity contribution in [1.29, 1.82) is 0 Å². The van der Waals surface area contributed by atoms with Crippen LogP contribution >= 0.6 is 11.6 Å². The van der Waals surface area contributed by atoms with Gasteiger partial charge in [0.05, 0.1) is 22.0 Å². The Morgan fingerprint density at radius 1 is 1.10 bits per heavy atom. The Kier molecular flexibility index (Phi) is 6.00. The van der Waals surface area contributed by atoms with Gasteiger partial charge in [-0.3, -0.25) is 9.52 Å². The lowest BCUT2D eigenvalue weighted by atomic mass is 10.2. The molecule has 0 radical (unpaired) electrons. The van der Waals surface area contributed by atoms with E-state index in [1.807, 2.05) is 26.0 Å². The predicted molar refractivity (Wildman–Crippen MR) is 113 cm³/mol. The Morgan fingerprint density at radius 3 is 2.52 bits per heavy atom. The van der Waals surface area contributed by atoms with Crippen molar-refractivity contribution in [2.75, 3.05) is 11.8 Å². The zero-order valence-electron chi connectivity index (χ0n) is 16.3. The van der Waals surface area contributed by atoms with Crippen LogP contribution in [0.4, 0.5) is 5.69 Å². The van der Waals surface area contributed by atoms with E-state index in [-0.39, 0.29) is 22.0 Å². The third kappa shape index (κ3) is 4.99. The third-order valence-corrected chi connectivity index (χ3v) is 5.99. The number of hydrogen-bond acceptors (Lipinski definition) is 4. The van der Waals surface area contributed by atoms with Gasteiger partial charge >= 0.3 is 0 Å². The molecule has 0 saturated heterocycles. The zero-order chi connectivity index (χ0) is 21.2. The van der Waals surface area contributed by atoms with E-state index in [0.29, 0.717) is 11.4 Å². The third-order valence-electron chi connectivity index (χ3n) is 4.28. The SMILES string of the molecule is Cc1cccc(NS(=O)(=O)c2ccc(Cl)c(C(=O)N(C)Cc3ccc(C)o3)c2)c1. The normalized spacial score (nSPS) is 11.3. The van der Waals surface area contributed by atoms with Gasteiger partial charge in [0, 0.05) is 12.7 Å². The van der Waals surface area contributed by atoms with Gasteiger partial charge in [-0.15, -0.1) is 0 Å². The van der Waals surface area contributed by atoms with Crippen molar-refractivity contribution in [2.24, 2.45) is 0 Å². The number of halogens is 1. The van der Waals surface area contributed by atoms with Crippen molar-refractivity contribution in [3.8, 4) is 0 Å². The number of nitrogens with one attached hydrogen (secondary N) is 1. The molecule has 0 spiro atoms. The van der Waals surface area contributed by atoms with Crippen LogP contribution in [0.15, 0.2) is 63.9 Å². The minimum absolute atomic E-state index is 0.0472. The number of nitrogens with zero attached hydrogens (tertiary/aromatic N) is 1. The second kappa shape index (κ2) is 8.31. The van der Waals surface area contributed by atoms with Crippen LogP contribution in [0.1, 0.15) is 27.4 Å². The van der Waals surface area contributed by atoms with Crippen LogP contribution in [0.3, 0.4) is 0 Å². The first-order valence-corrected chi connectivity index (χ1v) is 10.7. The summed E-state index contributed by atoms with van der Waals surface area (Å²) in [6.07, 6.45) is 0. The van der Waals surface area contributed by atoms with Crippen LogP contribution in [0.25, 0.3) is 0 Å². The van der Waals surface area contributed by atoms with Gasteiger partial charge in [0.25, 0.3) is 15.9 Å². The fourth-order valence-electron chi connectivity index (χ4n) is 2.84. The summed E-state index contributed by atoms with van der Waals surface area (Å²) < 4.78 is 33.6. The van der Waals surface area contributed by atoms with Crippen LogP contribution in [0, 0.1) is 13.8 Å². The molecule has 0 aliphatic carbocycles. The summed E-state index contributed by atoms with van der Waals surface area (Å²) in [4.78, 5) is 14.2. The molecule has 0 bridgehead atoms. The second-order valence-corrected chi connectivity index (χ2v) is 8.88. The number of rotatable bonds is 6. The van der Waals surface area contributed by atoms with Gasteiger partial charge in [-0.2, -0.15) is 0 Å². The van der Waals surface area contributed by atoms with E-state index in [4.69, 9.17) is 16.0 Å². The molecule has 1 heterocycles. The Bertz CT molecular complexity index is 1150. The highest BCUT2D eigenvalue weighted by atomic mass is 35.5. The lowest BCUT2D eigenvalue weighted by Crippen LogP contribution is -2.26. The lowest BCUT2D eigenvalue weighted by Gasteiger charge is -2.17. The number of sulfonamides is 1. The molecule has 0 aliphatic heterocycles. The van der Waals surface area contributed by atoms with Crippen LogP contribution in [-0.4, -0.2) is 26.3 Å². The number of benzene rings is 2. The lowest BCUT2D eigenvalue weighted by molar-refractivity contribution is 0.0775. The molecule has 2 aromatic carbocycles. The minimum atomic E-state index is -3.88. The monoisotopic (exact) mass is 432 g/mol. The van der Waals surface area contributed by atoms with Gasteiger partial charge in [-0.25, -0.2) is 8.42 Å². The summed E-state index contributed by atoms with van der Waals surface area (Å²) in [7, 11) is -2.28. The van der Waals surface area contributed by atoms with Gasteiger partial charge < -0.3 is 9.32 Å². The molecule has 1 aromatic heterocycles. The average Bonchev–Trinajstić information content (AvgIpc) is 3.05. The summed E-state index contributed by atoms with van der Waals surface area (Å²) in [5.41, 5.74) is 1.47. The molecular weight excluding hydrogens is 412 g/mol.